The van der Waals surface area contributed by atoms with Crippen LogP contribution in [-0.4, -0.2) is 161 Å². The average Bonchev–Trinajstić information content (AvgIpc) is 3.13. The SMILES string of the molecule is CC1CN(C)C(C)CN1.CC1CN(C)CC(C)N1.CN1CCCNCC1.CN1CCN2CCCC2C1. The highest BCUT2D eigenvalue weighted by Crippen LogP contribution is 2.20. The predicted octanol–water partition coefficient (Wildman–Crippen LogP) is 0.905. The van der Waals surface area contributed by atoms with Gasteiger partial charge >= 0.3 is 0 Å². The van der Waals surface area contributed by atoms with Gasteiger partial charge in [0.1, 0.15) is 0 Å². The third-order valence-electron chi connectivity index (χ3n) is 8.17. The van der Waals surface area contributed by atoms with Crippen molar-refractivity contribution in [3.05, 3.63) is 0 Å². The van der Waals surface area contributed by atoms with Gasteiger partial charge < -0.3 is 35.6 Å². The average molecular weight is 511 g/mol. The number of fused-ring (bicyclic) bond motifs is 1. The molecule has 0 aromatic carbocycles. The molecule has 8 nitrogen and oxygen atoms in total. The number of nitrogens with one attached hydrogen (secondary N) is 3. The van der Waals surface area contributed by atoms with Gasteiger partial charge in [-0.1, -0.05) is 0 Å². The minimum atomic E-state index is 0.666. The lowest BCUT2D eigenvalue weighted by Gasteiger charge is -2.35. The lowest BCUT2D eigenvalue weighted by molar-refractivity contribution is 0.124. The highest BCUT2D eigenvalue weighted by molar-refractivity contribution is 4.85. The van der Waals surface area contributed by atoms with Gasteiger partial charge in [-0.2, -0.15) is 0 Å². The molecule has 0 saturated carbocycles. The van der Waals surface area contributed by atoms with Crippen LogP contribution >= 0.6 is 0 Å². The van der Waals surface area contributed by atoms with E-state index in [1.54, 1.807) is 0 Å². The first kappa shape index (κ1) is 31.9. The van der Waals surface area contributed by atoms with Gasteiger partial charge in [-0.15, -0.1) is 0 Å². The van der Waals surface area contributed by atoms with Crippen molar-refractivity contribution in [1.29, 1.82) is 0 Å². The Hall–Kier alpha value is -0.320. The highest BCUT2D eigenvalue weighted by atomic mass is 15.3. The second-order valence-corrected chi connectivity index (χ2v) is 12.3. The van der Waals surface area contributed by atoms with Crippen molar-refractivity contribution in [2.24, 2.45) is 0 Å². The molecule has 5 aliphatic heterocycles. The lowest BCUT2D eigenvalue weighted by atomic mass is 10.2. The summed E-state index contributed by atoms with van der Waals surface area (Å²) in [6, 6.07) is 3.61. The Bertz CT molecular complexity index is 531. The Labute approximate surface area is 224 Å². The zero-order valence-corrected chi connectivity index (χ0v) is 25.2. The maximum Gasteiger partial charge on any atom is 0.0224 e. The Morgan fingerprint density at radius 3 is 1.97 bits per heavy atom. The van der Waals surface area contributed by atoms with Crippen LogP contribution < -0.4 is 16.0 Å². The van der Waals surface area contributed by atoms with Gasteiger partial charge in [-0.25, -0.2) is 0 Å². The molecule has 5 atom stereocenters. The topological polar surface area (TPSA) is 52.3 Å². The van der Waals surface area contributed by atoms with Gasteiger partial charge in [0, 0.05) is 89.1 Å². The van der Waals surface area contributed by atoms with E-state index < -0.39 is 0 Å². The molecular formula is C28H62N8. The largest absolute Gasteiger partial charge is 0.315 e. The van der Waals surface area contributed by atoms with E-state index in [2.05, 4.69) is 96.3 Å². The summed E-state index contributed by atoms with van der Waals surface area (Å²) < 4.78 is 0. The summed E-state index contributed by atoms with van der Waals surface area (Å²) in [6.07, 6.45) is 4.17. The first-order valence-electron chi connectivity index (χ1n) is 14.8. The second kappa shape index (κ2) is 17.3. The van der Waals surface area contributed by atoms with Crippen molar-refractivity contribution < 1.29 is 0 Å². The third kappa shape index (κ3) is 13.0. The molecule has 0 aromatic rings. The smallest absolute Gasteiger partial charge is 0.0224 e. The molecule has 0 bridgehead atoms. The van der Waals surface area contributed by atoms with E-state index in [0.717, 1.165) is 19.1 Å². The van der Waals surface area contributed by atoms with Crippen molar-refractivity contribution in [2.75, 3.05) is 107 Å². The van der Waals surface area contributed by atoms with Crippen molar-refractivity contribution in [3.63, 3.8) is 0 Å². The minimum Gasteiger partial charge on any atom is -0.315 e. The Balaban J connectivity index is 0.000000170. The van der Waals surface area contributed by atoms with Crippen molar-refractivity contribution in [1.82, 2.24) is 40.4 Å². The molecule has 214 valence electrons. The van der Waals surface area contributed by atoms with Crippen molar-refractivity contribution >= 4 is 0 Å². The van der Waals surface area contributed by atoms with Gasteiger partial charge in [0.2, 0.25) is 0 Å². The number of rotatable bonds is 0. The molecular weight excluding hydrogens is 448 g/mol. The quantitative estimate of drug-likeness (QED) is 0.445. The van der Waals surface area contributed by atoms with Crippen LogP contribution in [0.2, 0.25) is 0 Å². The number of likely N-dealkylation sites (N-methyl/N-ethyl adjacent to an activating group) is 4. The maximum atomic E-state index is 3.47. The Kier molecular flexibility index (Phi) is 15.3. The van der Waals surface area contributed by atoms with E-state index in [-0.39, 0.29) is 0 Å². The summed E-state index contributed by atoms with van der Waals surface area (Å²) in [6.45, 7) is 23.7. The third-order valence-corrected chi connectivity index (χ3v) is 8.17. The molecule has 5 fully saturated rings. The fourth-order valence-corrected chi connectivity index (χ4v) is 5.93. The molecule has 5 heterocycles. The second-order valence-electron chi connectivity index (χ2n) is 12.3. The molecule has 0 aliphatic carbocycles. The lowest BCUT2D eigenvalue weighted by Crippen LogP contribution is -2.52. The molecule has 5 aliphatic rings. The van der Waals surface area contributed by atoms with Crippen LogP contribution in [-0.2, 0) is 0 Å². The maximum absolute atomic E-state index is 3.47. The molecule has 0 aromatic heterocycles. The summed E-state index contributed by atoms with van der Waals surface area (Å²) >= 11 is 0. The fourth-order valence-electron chi connectivity index (χ4n) is 5.93. The van der Waals surface area contributed by atoms with Gasteiger partial charge in [0.05, 0.1) is 0 Å². The van der Waals surface area contributed by atoms with E-state index in [1.165, 1.54) is 84.7 Å². The number of hydrogen-bond donors (Lipinski definition) is 3. The van der Waals surface area contributed by atoms with Gasteiger partial charge in [0.15, 0.2) is 0 Å². The van der Waals surface area contributed by atoms with E-state index in [4.69, 9.17) is 0 Å². The van der Waals surface area contributed by atoms with Gasteiger partial charge in [0.25, 0.3) is 0 Å². The van der Waals surface area contributed by atoms with Crippen LogP contribution in [0, 0.1) is 0 Å². The zero-order valence-electron chi connectivity index (χ0n) is 25.2. The molecule has 0 amide bonds. The number of hydrogen-bond acceptors (Lipinski definition) is 8. The summed E-state index contributed by atoms with van der Waals surface area (Å²) in [4.78, 5) is 12.2. The normalized spacial score (nSPS) is 35.2. The van der Waals surface area contributed by atoms with Crippen LogP contribution in [0.5, 0.6) is 0 Å². The molecule has 0 spiro atoms. The first-order valence-corrected chi connectivity index (χ1v) is 14.8. The predicted molar refractivity (Wildman–Crippen MR) is 156 cm³/mol. The van der Waals surface area contributed by atoms with E-state index in [9.17, 15) is 0 Å². The molecule has 8 heteroatoms. The summed E-state index contributed by atoms with van der Waals surface area (Å²) in [7, 11) is 8.76. The van der Waals surface area contributed by atoms with Crippen LogP contribution in [0.25, 0.3) is 0 Å². The number of piperazine rings is 3. The minimum absolute atomic E-state index is 0.666. The summed E-state index contributed by atoms with van der Waals surface area (Å²) in [5.41, 5.74) is 0. The van der Waals surface area contributed by atoms with Crippen LogP contribution in [0.15, 0.2) is 0 Å². The first-order chi connectivity index (χ1) is 17.1. The molecule has 5 rings (SSSR count). The zero-order chi connectivity index (χ0) is 26.5. The number of nitrogens with zero attached hydrogens (tertiary/aromatic N) is 5. The Morgan fingerprint density at radius 1 is 0.611 bits per heavy atom. The van der Waals surface area contributed by atoms with Crippen LogP contribution in [0.4, 0.5) is 0 Å². The fraction of sp³-hybridized carbons (Fsp3) is 1.00. The summed E-state index contributed by atoms with van der Waals surface area (Å²) in [5, 5.41) is 10.2. The Morgan fingerprint density at radius 2 is 1.33 bits per heavy atom. The molecule has 5 saturated heterocycles. The molecule has 36 heavy (non-hydrogen) atoms. The molecule has 5 unspecified atom stereocenters. The van der Waals surface area contributed by atoms with E-state index >= 15 is 0 Å². The monoisotopic (exact) mass is 511 g/mol. The standard InChI is InChI=1S/C8H16N2.2C7H16N2.C6H14N2/c1-9-5-6-10-4-2-3-8(10)7-9;1-6-5-9(3)7(2)4-8-6;1-6-4-9(3)5-7(2)8-6;1-8-5-2-3-7-4-6-8/h8H,2-7H2,1H3;2*6-8H,4-5H2,1-3H3;7H,2-6H2,1H3. The highest BCUT2D eigenvalue weighted by Gasteiger charge is 2.28. The molecule has 3 N–H and O–H groups in total. The van der Waals surface area contributed by atoms with Crippen molar-refractivity contribution in [3.8, 4) is 0 Å². The van der Waals surface area contributed by atoms with E-state index in [0.29, 0.717) is 24.2 Å². The van der Waals surface area contributed by atoms with Crippen LogP contribution in [0.1, 0.15) is 47.0 Å². The van der Waals surface area contributed by atoms with Gasteiger partial charge in [-0.3, -0.25) is 4.90 Å². The molecule has 0 radical (unpaired) electrons. The van der Waals surface area contributed by atoms with Gasteiger partial charge in [-0.05, 0) is 94.8 Å². The summed E-state index contributed by atoms with van der Waals surface area (Å²) in [5.74, 6) is 0. The van der Waals surface area contributed by atoms with Crippen LogP contribution in [0.3, 0.4) is 0 Å². The van der Waals surface area contributed by atoms with E-state index in [1.807, 2.05) is 0 Å². The van der Waals surface area contributed by atoms with Crippen molar-refractivity contribution in [2.45, 2.75) is 77.2 Å².